The zero-order chi connectivity index (χ0) is 9.14. The van der Waals surface area contributed by atoms with Crippen LogP contribution in [0.15, 0.2) is 6.07 Å². The van der Waals surface area contributed by atoms with Gasteiger partial charge in [-0.2, -0.15) is 0 Å². The highest BCUT2D eigenvalue weighted by atomic mass is 35.5. The molecule has 0 N–H and O–H groups in total. The molecular formula is C8H10Cl2N2. The highest BCUT2D eigenvalue weighted by Crippen LogP contribution is 2.14. The maximum Gasteiger partial charge on any atom is 0.133 e. The summed E-state index contributed by atoms with van der Waals surface area (Å²) in [6.07, 6.45) is 0. The van der Waals surface area contributed by atoms with E-state index in [1.807, 2.05) is 13.8 Å². The fraction of sp³-hybridized carbons (Fsp3) is 0.500. The zero-order valence-electron chi connectivity index (χ0n) is 7.01. The lowest BCUT2D eigenvalue weighted by molar-refractivity contribution is 0.765. The van der Waals surface area contributed by atoms with Crippen molar-refractivity contribution in [3.63, 3.8) is 0 Å². The molecule has 66 valence electrons. The Kier molecular flexibility index (Phi) is 3.29. The van der Waals surface area contributed by atoms with Gasteiger partial charge in [-0.05, 0) is 6.07 Å². The summed E-state index contributed by atoms with van der Waals surface area (Å²) in [5, 5.41) is 0.462. The molecule has 0 fully saturated rings. The van der Waals surface area contributed by atoms with Crippen LogP contribution in [0.3, 0.4) is 0 Å². The molecule has 1 rings (SSSR count). The van der Waals surface area contributed by atoms with Crippen LogP contribution < -0.4 is 0 Å². The first-order valence-corrected chi connectivity index (χ1v) is 4.64. The second-order valence-corrected chi connectivity index (χ2v) is 3.48. The molecule has 0 radical (unpaired) electrons. The summed E-state index contributed by atoms with van der Waals surface area (Å²) < 4.78 is 0. The van der Waals surface area contributed by atoms with E-state index in [1.54, 1.807) is 6.07 Å². The number of hydrogen-bond donors (Lipinski definition) is 0. The van der Waals surface area contributed by atoms with Gasteiger partial charge in [0.25, 0.3) is 0 Å². The molecule has 1 aromatic rings. The van der Waals surface area contributed by atoms with Crippen LogP contribution in [0.5, 0.6) is 0 Å². The fourth-order valence-corrected chi connectivity index (χ4v) is 1.16. The average molecular weight is 205 g/mol. The minimum atomic E-state index is 0.283. The SMILES string of the molecule is CC(C)c1nc(Cl)cc(CCl)n1. The van der Waals surface area contributed by atoms with E-state index in [0.717, 1.165) is 11.5 Å². The molecule has 0 saturated heterocycles. The van der Waals surface area contributed by atoms with Crippen molar-refractivity contribution in [3.8, 4) is 0 Å². The second kappa shape index (κ2) is 4.06. The number of rotatable bonds is 2. The molecular weight excluding hydrogens is 195 g/mol. The Balaban J connectivity index is 3.06. The smallest absolute Gasteiger partial charge is 0.133 e. The monoisotopic (exact) mass is 204 g/mol. The quantitative estimate of drug-likeness (QED) is 0.547. The van der Waals surface area contributed by atoms with Crippen LogP contribution in [0.1, 0.15) is 31.3 Å². The summed E-state index contributed by atoms with van der Waals surface area (Å²) in [7, 11) is 0. The van der Waals surface area contributed by atoms with Gasteiger partial charge in [0.2, 0.25) is 0 Å². The third kappa shape index (κ3) is 2.32. The first-order valence-electron chi connectivity index (χ1n) is 3.72. The van der Waals surface area contributed by atoms with Gasteiger partial charge in [0.1, 0.15) is 11.0 Å². The Hall–Kier alpha value is -0.340. The van der Waals surface area contributed by atoms with Crippen molar-refractivity contribution in [2.24, 2.45) is 0 Å². The minimum absolute atomic E-state index is 0.283. The standard InChI is InChI=1S/C8H10Cl2N2/c1-5(2)8-11-6(4-9)3-7(10)12-8/h3,5H,4H2,1-2H3. The van der Waals surface area contributed by atoms with Gasteiger partial charge in [0.15, 0.2) is 0 Å². The van der Waals surface area contributed by atoms with E-state index in [9.17, 15) is 0 Å². The highest BCUT2D eigenvalue weighted by molar-refractivity contribution is 6.29. The largest absolute Gasteiger partial charge is 0.236 e. The van der Waals surface area contributed by atoms with E-state index in [-0.39, 0.29) is 5.92 Å². The van der Waals surface area contributed by atoms with E-state index in [2.05, 4.69) is 9.97 Å². The summed E-state index contributed by atoms with van der Waals surface area (Å²) in [5.41, 5.74) is 0.778. The topological polar surface area (TPSA) is 25.8 Å². The van der Waals surface area contributed by atoms with Crippen molar-refractivity contribution in [2.75, 3.05) is 0 Å². The Labute approximate surface area is 81.9 Å². The first-order chi connectivity index (χ1) is 5.63. The molecule has 0 spiro atoms. The Bertz CT molecular complexity index is 274. The third-order valence-electron chi connectivity index (χ3n) is 1.42. The zero-order valence-corrected chi connectivity index (χ0v) is 8.52. The normalized spacial score (nSPS) is 10.8. The molecule has 4 heteroatoms. The van der Waals surface area contributed by atoms with Crippen molar-refractivity contribution in [3.05, 3.63) is 22.7 Å². The molecule has 0 unspecified atom stereocenters. The number of alkyl halides is 1. The second-order valence-electron chi connectivity index (χ2n) is 2.83. The van der Waals surface area contributed by atoms with Crippen LogP contribution >= 0.6 is 23.2 Å². The van der Waals surface area contributed by atoms with Crippen molar-refractivity contribution in [1.82, 2.24) is 9.97 Å². The molecule has 0 bridgehead atoms. The minimum Gasteiger partial charge on any atom is -0.236 e. The number of aromatic nitrogens is 2. The number of nitrogens with zero attached hydrogens (tertiary/aromatic N) is 2. The summed E-state index contributed by atoms with van der Waals surface area (Å²) in [4.78, 5) is 8.30. The van der Waals surface area contributed by atoms with Gasteiger partial charge < -0.3 is 0 Å². The van der Waals surface area contributed by atoms with Crippen LogP contribution in [-0.2, 0) is 5.88 Å². The van der Waals surface area contributed by atoms with Gasteiger partial charge in [0, 0.05) is 5.92 Å². The van der Waals surface area contributed by atoms with Gasteiger partial charge in [0.05, 0.1) is 11.6 Å². The van der Waals surface area contributed by atoms with Crippen LogP contribution in [-0.4, -0.2) is 9.97 Å². The van der Waals surface area contributed by atoms with E-state index < -0.39 is 0 Å². The van der Waals surface area contributed by atoms with Crippen molar-refractivity contribution < 1.29 is 0 Å². The average Bonchev–Trinajstić information content (AvgIpc) is 2.03. The fourth-order valence-electron chi connectivity index (χ4n) is 0.810. The number of hydrogen-bond acceptors (Lipinski definition) is 2. The summed E-state index contributed by atoms with van der Waals surface area (Å²) >= 11 is 11.4. The van der Waals surface area contributed by atoms with Crippen LogP contribution in [0.25, 0.3) is 0 Å². The molecule has 1 heterocycles. The number of halogens is 2. The molecule has 0 atom stereocenters. The molecule has 0 saturated carbocycles. The predicted molar refractivity (Wildman–Crippen MR) is 50.7 cm³/mol. The maximum absolute atomic E-state index is 5.76. The van der Waals surface area contributed by atoms with Crippen LogP contribution in [0, 0.1) is 0 Å². The summed E-state index contributed by atoms with van der Waals surface area (Å²) in [6, 6.07) is 1.68. The van der Waals surface area contributed by atoms with Crippen molar-refractivity contribution >= 4 is 23.2 Å². The van der Waals surface area contributed by atoms with Gasteiger partial charge in [-0.15, -0.1) is 11.6 Å². The Morgan fingerprint density at radius 3 is 2.58 bits per heavy atom. The molecule has 0 amide bonds. The van der Waals surface area contributed by atoms with Crippen LogP contribution in [0.2, 0.25) is 5.15 Å². The molecule has 0 aliphatic carbocycles. The van der Waals surface area contributed by atoms with E-state index in [1.165, 1.54) is 0 Å². The molecule has 0 aromatic carbocycles. The van der Waals surface area contributed by atoms with Crippen LogP contribution in [0.4, 0.5) is 0 Å². The molecule has 0 aliphatic heterocycles. The molecule has 12 heavy (non-hydrogen) atoms. The van der Waals surface area contributed by atoms with E-state index >= 15 is 0 Å². The van der Waals surface area contributed by atoms with E-state index in [4.69, 9.17) is 23.2 Å². The Morgan fingerprint density at radius 2 is 2.08 bits per heavy atom. The highest BCUT2D eigenvalue weighted by Gasteiger charge is 2.05. The summed E-state index contributed by atoms with van der Waals surface area (Å²) in [5.74, 6) is 1.41. The van der Waals surface area contributed by atoms with Crippen molar-refractivity contribution in [2.45, 2.75) is 25.6 Å². The Morgan fingerprint density at radius 1 is 1.42 bits per heavy atom. The molecule has 1 aromatic heterocycles. The first kappa shape index (κ1) is 9.75. The van der Waals surface area contributed by atoms with Crippen molar-refractivity contribution in [1.29, 1.82) is 0 Å². The third-order valence-corrected chi connectivity index (χ3v) is 1.89. The lowest BCUT2D eigenvalue weighted by atomic mass is 10.2. The summed E-state index contributed by atoms with van der Waals surface area (Å²) in [6.45, 7) is 4.04. The lowest BCUT2D eigenvalue weighted by Gasteiger charge is -2.04. The van der Waals surface area contributed by atoms with Gasteiger partial charge in [-0.25, -0.2) is 9.97 Å². The van der Waals surface area contributed by atoms with Gasteiger partial charge in [-0.3, -0.25) is 0 Å². The van der Waals surface area contributed by atoms with Gasteiger partial charge >= 0.3 is 0 Å². The predicted octanol–water partition coefficient (Wildman–Crippen LogP) is 2.99. The maximum atomic E-state index is 5.76. The van der Waals surface area contributed by atoms with E-state index in [0.29, 0.717) is 11.0 Å². The molecule has 2 nitrogen and oxygen atoms in total. The van der Waals surface area contributed by atoms with Gasteiger partial charge in [-0.1, -0.05) is 25.4 Å². The lowest BCUT2D eigenvalue weighted by Crippen LogP contribution is -2.00. The molecule has 0 aliphatic rings.